The highest BCUT2D eigenvalue weighted by Crippen LogP contribution is 2.23. The van der Waals surface area contributed by atoms with Crippen LogP contribution >= 0.6 is 11.6 Å². The van der Waals surface area contributed by atoms with Crippen molar-refractivity contribution in [3.05, 3.63) is 64.7 Å². The van der Waals surface area contributed by atoms with Gasteiger partial charge >= 0.3 is 17.8 Å². The van der Waals surface area contributed by atoms with Crippen LogP contribution in [0.3, 0.4) is 0 Å². The van der Waals surface area contributed by atoms with E-state index in [9.17, 15) is 14.7 Å². The lowest BCUT2D eigenvalue weighted by atomic mass is 10.1. The Morgan fingerprint density at radius 2 is 1.81 bits per heavy atom. The number of benzene rings is 2. The van der Waals surface area contributed by atoms with Gasteiger partial charge in [0.2, 0.25) is 6.04 Å². The van der Waals surface area contributed by atoms with Crippen molar-refractivity contribution in [3.8, 4) is 5.75 Å². The smallest absolute Gasteiger partial charge is 0.421 e. The molecule has 0 bridgehead atoms. The van der Waals surface area contributed by atoms with Crippen LogP contribution in [-0.4, -0.2) is 69.4 Å². The van der Waals surface area contributed by atoms with Gasteiger partial charge in [-0.05, 0) is 25.1 Å². The molecule has 0 aromatic heterocycles. The van der Waals surface area contributed by atoms with Crippen LogP contribution in [0.5, 0.6) is 5.75 Å². The molecule has 3 amide bonds. The first kappa shape index (κ1) is 21.4. The van der Waals surface area contributed by atoms with Gasteiger partial charge in [0.1, 0.15) is 5.75 Å². The largest absolute Gasteiger partial charge is 0.507 e. The molecule has 2 aliphatic rings. The Morgan fingerprint density at radius 1 is 1.12 bits per heavy atom. The molecule has 0 aliphatic carbocycles. The van der Waals surface area contributed by atoms with E-state index >= 15 is 0 Å². The van der Waals surface area contributed by atoms with Crippen LogP contribution in [0.25, 0.3) is 0 Å². The number of hydrazone groups is 1. The fraction of sp³-hybridized carbons (Fsp3) is 0.227. The first-order chi connectivity index (χ1) is 15.3. The summed E-state index contributed by atoms with van der Waals surface area (Å²) in [6, 6.07) is 12.9. The Balaban J connectivity index is 1.71. The van der Waals surface area contributed by atoms with Gasteiger partial charge in [0.15, 0.2) is 0 Å². The van der Waals surface area contributed by atoms with Crippen molar-refractivity contribution in [2.75, 3.05) is 14.1 Å². The fourth-order valence-electron chi connectivity index (χ4n) is 3.64. The van der Waals surface area contributed by atoms with Crippen molar-refractivity contribution < 1.29 is 14.7 Å². The van der Waals surface area contributed by atoms with Gasteiger partial charge in [0.05, 0.1) is 19.3 Å². The van der Waals surface area contributed by atoms with Crippen molar-refractivity contribution >= 4 is 41.0 Å². The minimum absolute atomic E-state index is 0.0991. The summed E-state index contributed by atoms with van der Waals surface area (Å²) >= 11 is 6.36. The van der Waals surface area contributed by atoms with Crippen LogP contribution in [0.1, 0.15) is 18.1 Å². The van der Waals surface area contributed by atoms with Crippen molar-refractivity contribution in [1.29, 1.82) is 0 Å². The highest BCUT2D eigenvalue weighted by molar-refractivity contribution is 6.31. The number of phenols is 1. The second-order valence-electron chi connectivity index (χ2n) is 7.48. The topological polar surface area (TPSA) is 103 Å². The standard InChI is InChI=1S/C22H21ClN6O3/c1-13(15-9-5-7-11-17(15)30)25-26-21-24-19-18(20(31)28(3)22(32)27(19)2)29(21)12-14-8-4-6-10-16(14)23/h4-11,18H,12H2,1-3H3,(H,25,30)/p+1. The molecule has 9 nitrogen and oxygen atoms in total. The predicted octanol–water partition coefficient (Wildman–Crippen LogP) is 1.59. The number of carbonyl (C=O) groups is 2. The molecule has 10 heteroatoms. The lowest BCUT2D eigenvalue weighted by Gasteiger charge is -2.31. The molecule has 2 N–H and O–H groups in total. The van der Waals surface area contributed by atoms with Crippen LogP contribution < -0.4 is 10.1 Å². The van der Waals surface area contributed by atoms with Gasteiger partial charge in [0, 0.05) is 23.2 Å². The average Bonchev–Trinajstić information content (AvgIpc) is 3.14. The number of halogens is 1. The van der Waals surface area contributed by atoms with Gasteiger partial charge in [-0.3, -0.25) is 9.69 Å². The van der Waals surface area contributed by atoms with Crippen LogP contribution in [0.4, 0.5) is 4.79 Å². The summed E-state index contributed by atoms with van der Waals surface area (Å²) in [6.45, 7) is 2.01. The second-order valence-corrected chi connectivity index (χ2v) is 7.89. The number of phenolic OH excluding ortho intramolecular Hbond substituents is 1. The number of urea groups is 1. The number of likely N-dealkylation sites (N-methyl/N-ethyl adjacent to an activating group) is 2. The number of amides is 3. The lowest BCUT2D eigenvalue weighted by molar-refractivity contribution is -0.130. The van der Waals surface area contributed by atoms with E-state index in [4.69, 9.17) is 11.6 Å². The summed E-state index contributed by atoms with van der Waals surface area (Å²) in [6.07, 6.45) is 0. The number of carbonyl (C=O) groups excluding carboxylic acids is 2. The Morgan fingerprint density at radius 3 is 2.53 bits per heavy atom. The number of hydrogen-bond acceptors (Lipinski definition) is 6. The molecule has 1 fully saturated rings. The molecular weight excluding hydrogens is 432 g/mol. The van der Waals surface area contributed by atoms with E-state index < -0.39 is 18.0 Å². The van der Waals surface area contributed by atoms with E-state index in [-0.39, 0.29) is 12.3 Å². The molecular formula is C22H22ClN6O3+. The molecule has 1 unspecified atom stereocenters. The number of aromatic hydroxyl groups is 1. The van der Waals surface area contributed by atoms with E-state index in [1.165, 1.54) is 11.9 Å². The van der Waals surface area contributed by atoms with Gasteiger partial charge in [-0.2, -0.15) is 5.43 Å². The lowest BCUT2D eigenvalue weighted by Crippen LogP contribution is -2.63. The third-order valence-corrected chi connectivity index (χ3v) is 5.82. The minimum atomic E-state index is -0.804. The molecule has 2 aromatic rings. The van der Waals surface area contributed by atoms with E-state index in [1.54, 1.807) is 49.2 Å². The van der Waals surface area contributed by atoms with Crippen molar-refractivity contribution in [2.45, 2.75) is 19.5 Å². The number of para-hydroxylation sites is 1. The summed E-state index contributed by atoms with van der Waals surface area (Å²) in [4.78, 5) is 29.6. The summed E-state index contributed by atoms with van der Waals surface area (Å²) in [7, 11) is 3.02. The Labute approximate surface area is 189 Å². The third kappa shape index (κ3) is 3.68. The maximum atomic E-state index is 13.0. The third-order valence-electron chi connectivity index (χ3n) is 5.45. The Kier molecular flexibility index (Phi) is 5.61. The summed E-state index contributed by atoms with van der Waals surface area (Å²) in [5.41, 5.74) is 4.78. The van der Waals surface area contributed by atoms with Crippen molar-refractivity contribution in [2.24, 2.45) is 5.10 Å². The Hall–Kier alpha value is -3.81. The number of fused-ring (bicyclic) bond motifs is 1. The Bertz CT molecular complexity index is 1200. The fourth-order valence-corrected chi connectivity index (χ4v) is 3.83. The van der Waals surface area contributed by atoms with Crippen LogP contribution in [0.2, 0.25) is 5.02 Å². The highest BCUT2D eigenvalue weighted by atomic mass is 35.5. The molecule has 32 heavy (non-hydrogen) atoms. The molecule has 2 aromatic carbocycles. The number of nitrogens with one attached hydrogen (secondary N) is 1. The van der Waals surface area contributed by atoms with Gasteiger partial charge in [-0.1, -0.05) is 41.9 Å². The van der Waals surface area contributed by atoms with Crippen molar-refractivity contribution in [3.63, 3.8) is 0 Å². The quantitative estimate of drug-likeness (QED) is 0.416. The van der Waals surface area contributed by atoms with E-state index in [0.29, 0.717) is 28.1 Å². The predicted molar refractivity (Wildman–Crippen MR) is 122 cm³/mol. The summed E-state index contributed by atoms with van der Waals surface area (Å²) < 4.78 is 4.51. The maximum absolute atomic E-state index is 13.0. The normalized spacial score (nSPS) is 18.6. The number of hydrogen-bond donors (Lipinski definition) is 2. The molecule has 0 spiro atoms. The molecule has 1 atom stereocenters. The van der Waals surface area contributed by atoms with Crippen molar-refractivity contribution in [1.82, 2.24) is 24.8 Å². The molecule has 4 rings (SSSR count). The number of imide groups is 1. The number of nitrogens with zero attached hydrogens (tertiary/aromatic N) is 5. The number of rotatable bonds is 4. The zero-order valence-corrected chi connectivity index (χ0v) is 18.5. The number of amidine groups is 1. The zero-order valence-electron chi connectivity index (χ0n) is 17.8. The monoisotopic (exact) mass is 453 g/mol. The molecule has 2 aliphatic heterocycles. The van der Waals surface area contributed by atoms with E-state index in [1.807, 2.05) is 18.2 Å². The molecule has 1 saturated heterocycles. The molecule has 0 radical (unpaired) electrons. The molecule has 2 heterocycles. The first-order valence-corrected chi connectivity index (χ1v) is 10.3. The molecule has 0 saturated carbocycles. The SMILES string of the molecule is C/C(=N\NC1=[N+]=C2C(C(=O)N(C)C(=O)N2C)N1Cc1ccccc1Cl)c1ccccc1O. The van der Waals surface area contributed by atoms with Gasteiger partial charge < -0.3 is 5.11 Å². The number of guanidine groups is 1. The zero-order chi connectivity index (χ0) is 23.0. The van der Waals surface area contributed by atoms with Crippen LogP contribution in [0, 0.1) is 0 Å². The molecule has 164 valence electrons. The van der Waals surface area contributed by atoms with Gasteiger partial charge in [-0.25, -0.2) is 19.3 Å². The van der Waals surface area contributed by atoms with Gasteiger partial charge in [-0.15, -0.1) is 5.10 Å². The van der Waals surface area contributed by atoms with E-state index in [2.05, 4.69) is 15.2 Å². The highest BCUT2D eigenvalue weighted by Gasteiger charge is 2.54. The average molecular weight is 454 g/mol. The van der Waals surface area contributed by atoms with E-state index in [0.717, 1.165) is 10.5 Å². The maximum Gasteiger partial charge on any atom is 0.421 e. The minimum Gasteiger partial charge on any atom is -0.507 e. The second kappa shape index (κ2) is 8.37. The first-order valence-electron chi connectivity index (χ1n) is 9.89. The van der Waals surface area contributed by atoms with Crippen LogP contribution in [0.15, 0.2) is 53.6 Å². The summed E-state index contributed by atoms with van der Waals surface area (Å²) in [5.74, 6) is 0.310. The van der Waals surface area contributed by atoms with Crippen LogP contribution in [-0.2, 0) is 11.3 Å². The van der Waals surface area contributed by atoms with Gasteiger partial charge in [0.25, 0.3) is 5.91 Å². The summed E-state index contributed by atoms with van der Waals surface area (Å²) in [5, 5.41) is 15.0.